The van der Waals surface area contributed by atoms with Gasteiger partial charge in [0.2, 0.25) is 0 Å². The molecule has 1 aromatic rings. The van der Waals surface area contributed by atoms with Gasteiger partial charge in [0.25, 0.3) is 0 Å². The number of rotatable bonds is 6. The zero-order valence-corrected chi connectivity index (χ0v) is 12.4. The van der Waals surface area contributed by atoms with Crippen LogP contribution in [0, 0.1) is 5.41 Å². The molecule has 0 spiro atoms. The Hall–Kier alpha value is -0.380. The Labute approximate surface area is 109 Å². The lowest BCUT2D eigenvalue weighted by atomic mass is 9.86. The number of aliphatic hydroxyl groups excluding tert-OH is 1. The van der Waals surface area contributed by atoms with Crippen LogP contribution >= 0.6 is 11.3 Å². The fraction of sp³-hybridized carbons (Fsp3) is 0.714. The summed E-state index contributed by atoms with van der Waals surface area (Å²) in [5.41, 5.74) is -0.0679. The van der Waals surface area contributed by atoms with E-state index in [9.17, 15) is 5.11 Å². The van der Waals surface area contributed by atoms with E-state index in [0.29, 0.717) is 6.04 Å². The van der Waals surface area contributed by atoms with Crippen molar-refractivity contribution in [1.29, 1.82) is 0 Å². The molecule has 17 heavy (non-hydrogen) atoms. The third-order valence-electron chi connectivity index (χ3n) is 3.41. The highest BCUT2D eigenvalue weighted by Crippen LogP contribution is 2.25. The minimum absolute atomic E-state index is 0.0679. The van der Waals surface area contributed by atoms with Gasteiger partial charge in [0.1, 0.15) is 0 Å². The van der Waals surface area contributed by atoms with Crippen molar-refractivity contribution in [2.45, 2.75) is 53.3 Å². The summed E-state index contributed by atoms with van der Waals surface area (Å²) in [6.45, 7) is 12.5. The number of nitrogens with zero attached hydrogens (tertiary/aromatic N) is 1. The van der Waals surface area contributed by atoms with E-state index in [2.05, 4.69) is 50.1 Å². The molecule has 0 bridgehead atoms. The average Bonchev–Trinajstić information content (AvgIpc) is 2.68. The van der Waals surface area contributed by atoms with Gasteiger partial charge >= 0.3 is 0 Å². The molecule has 98 valence electrons. The lowest BCUT2D eigenvalue weighted by molar-refractivity contribution is 0.0236. The highest BCUT2D eigenvalue weighted by molar-refractivity contribution is 7.09. The lowest BCUT2D eigenvalue weighted by Gasteiger charge is -2.36. The van der Waals surface area contributed by atoms with E-state index in [1.165, 1.54) is 4.88 Å². The van der Waals surface area contributed by atoms with Crippen LogP contribution in [0.1, 0.15) is 39.5 Å². The summed E-state index contributed by atoms with van der Waals surface area (Å²) in [7, 11) is 0. The van der Waals surface area contributed by atoms with Crippen LogP contribution in [0.4, 0.5) is 0 Å². The van der Waals surface area contributed by atoms with Crippen molar-refractivity contribution < 1.29 is 5.11 Å². The van der Waals surface area contributed by atoms with Crippen LogP contribution in [-0.2, 0) is 6.54 Å². The zero-order valence-electron chi connectivity index (χ0n) is 11.6. The van der Waals surface area contributed by atoms with Crippen LogP contribution in [-0.4, -0.2) is 28.7 Å². The van der Waals surface area contributed by atoms with Gasteiger partial charge in [-0.15, -0.1) is 11.3 Å². The van der Waals surface area contributed by atoms with E-state index in [-0.39, 0.29) is 11.5 Å². The molecule has 1 unspecified atom stereocenters. The first kappa shape index (κ1) is 14.7. The van der Waals surface area contributed by atoms with E-state index < -0.39 is 0 Å². The van der Waals surface area contributed by atoms with Gasteiger partial charge in [-0.05, 0) is 32.2 Å². The summed E-state index contributed by atoms with van der Waals surface area (Å²) < 4.78 is 0. The van der Waals surface area contributed by atoms with E-state index in [1.54, 1.807) is 11.3 Å². The molecule has 0 aliphatic heterocycles. The summed E-state index contributed by atoms with van der Waals surface area (Å²) in [5, 5.41) is 11.9. The largest absolute Gasteiger partial charge is 0.393 e. The maximum atomic E-state index is 9.81. The fourth-order valence-electron chi connectivity index (χ4n) is 1.68. The highest BCUT2D eigenvalue weighted by Gasteiger charge is 2.28. The number of hydrogen-bond acceptors (Lipinski definition) is 3. The number of thiophene rings is 1. The van der Waals surface area contributed by atoms with Crippen molar-refractivity contribution in [2.24, 2.45) is 5.41 Å². The Morgan fingerprint density at radius 1 is 1.35 bits per heavy atom. The molecule has 3 heteroatoms. The Balaban J connectivity index is 2.67. The lowest BCUT2D eigenvalue weighted by Crippen LogP contribution is -2.43. The second-order valence-corrected chi connectivity index (χ2v) is 6.77. The van der Waals surface area contributed by atoms with Crippen LogP contribution in [0.25, 0.3) is 0 Å². The monoisotopic (exact) mass is 255 g/mol. The molecule has 0 fully saturated rings. The zero-order chi connectivity index (χ0) is 13.1. The second-order valence-electron chi connectivity index (χ2n) is 5.74. The number of hydrogen-bond donors (Lipinski definition) is 1. The Morgan fingerprint density at radius 3 is 2.41 bits per heavy atom. The first-order chi connectivity index (χ1) is 7.83. The molecule has 1 rings (SSSR count). The van der Waals surface area contributed by atoms with E-state index in [0.717, 1.165) is 13.1 Å². The topological polar surface area (TPSA) is 23.5 Å². The van der Waals surface area contributed by atoms with Gasteiger partial charge in [-0.25, -0.2) is 0 Å². The van der Waals surface area contributed by atoms with E-state index in [1.807, 2.05) is 6.92 Å². The number of aliphatic hydroxyl groups is 1. The summed E-state index contributed by atoms with van der Waals surface area (Å²) in [4.78, 5) is 3.82. The molecule has 0 aromatic carbocycles. The van der Waals surface area contributed by atoms with Crippen LogP contribution in [0.3, 0.4) is 0 Å². The summed E-state index contributed by atoms with van der Waals surface area (Å²) in [5.74, 6) is 0. The van der Waals surface area contributed by atoms with Crippen molar-refractivity contribution >= 4 is 11.3 Å². The third-order valence-corrected chi connectivity index (χ3v) is 4.27. The van der Waals surface area contributed by atoms with Crippen molar-refractivity contribution in [1.82, 2.24) is 4.90 Å². The third kappa shape index (κ3) is 4.41. The quantitative estimate of drug-likeness (QED) is 0.842. The van der Waals surface area contributed by atoms with Crippen molar-refractivity contribution in [3.63, 3.8) is 0 Å². The van der Waals surface area contributed by atoms with Crippen LogP contribution in [0.15, 0.2) is 17.5 Å². The molecule has 2 nitrogen and oxygen atoms in total. The van der Waals surface area contributed by atoms with Crippen LogP contribution < -0.4 is 0 Å². The average molecular weight is 255 g/mol. The summed E-state index contributed by atoms with van der Waals surface area (Å²) in [6, 6.07) is 4.77. The minimum atomic E-state index is -0.285. The van der Waals surface area contributed by atoms with E-state index >= 15 is 0 Å². The van der Waals surface area contributed by atoms with Gasteiger partial charge in [-0.1, -0.05) is 19.9 Å². The Bertz CT molecular complexity index is 317. The molecule has 0 saturated carbocycles. The molecular formula is C14H25NOS. The van der Waals surface area contributed by atoms with Crippen molar-refractivity contribution in [3.05, 3.63) is 22.4 Å². The smallest absolute Gasteiger partial charge is 0.0575 e. The predicted octanol–water partition coefficient (Wildman–Crippen LogP) is 3.37. The molecule has 0 radical (unpaired) electrons. The summed E-state index contributed by atoms with van der Waals surface area (Å²) >= 11 is 1.80. The molecule has 1 heterocycles. The first-order valence-electron chi connectivity index (χ1n) is 6.27. The predicted molar refractivity (Wildman–Crippen MR) is 75.3 cm³/mol. The molecule has 0 saturated heterocycles. The fourth-order valence-corrected chi connectivity index (χ4v) is 2.41. The molecule has 1 N–H and O–H groups in total. The highest BCUT2D eigenvalue weighted by atomic mass is 32.1. The summed E-state index contributed by atoms with van der Waals surface area (Å²) in [6.07, 6.45) is -0.285. The maximum absolute atomic E-state index is 9.81. The maximum Gasteiger partial charge on any atom is 0.0575 e. The SMILES string of the molecule is CC(C)N(Cc1cccs1)CC(C)(C)C(C)O. The Morgan fingerprint density at radius 2 is 2.00 bits per heavy atom. The van der Waals surface area contributed by atoms with Gasteiger partial charge in [-0.2, -0.15) is 0 Å². The van der Waals surface area contributed by atoms with Crippen molar-refractivity contribution in [2.75, 3.05) is 6.54 Å². The molecular weight excluding hydrogens is 230 g/mol. The molecule has 1 aromatic heterocycles. The van der Waals surface area contributed by atoms with Gasteiger partial charge in [-0.3, -0.25) is 4.90 Å². The standard InChI is InChI=1S/C14H25NOS/c1-11(2)15(9-13-7-6-8-17-13)10-14(4,5)12(3)16/h6-8,11-12,16H,9-10H2,1-5H3. The first-order valence-corrected chi connectivity index (χ1v) is 7.15. The minimum Gasteiger partial charge on any atom is -0.393 e. The molecule has 1 atom stereocenters. The Kier molecular flexibility index (Phi) is 5.17. The normalized spacial score (nSPS) is 14.6. The van der Waals surface area contributed by atoms with Crippen molar-refractivity contribution in [3.8, 4) is 0 Å². The van der Waals surface area contributed by atoms with E-state index in [4.69, 9.17) is 0 Å². The molecule has 0 aliphatic carbocycles. The van der Waals surface area contributed by atoms with Gasteiger partial charge in [0.15, 0.2) is 0 Å². The van der Waals surface area contributed by atoms with Gasteiger partial charge in [0.05, 0.1) is 6.10 Å². The van der Waals surface area contributed by atoms with Crippen LogP contribution in [0.2, 0.25) is 0 Å². The molecule has 0 amide bonds. The van der Waals surface area contributed by atoms with Gasteiger partial charge < -0.3 is 5.11 Å². The second kappa shape index (κ2) is 5.98. The van der Waals surface area contributed by atoms with Crippen LogP contribution in [0.5, 0.6) is 0 Å². The van der Waals surface area contributed by atoms with Gasteiger partial charge in [0, 0.05) is 29.4 Å². The molecule has 0 aliphatic rings.